The van der Waals surface area contributed by atoms with E-state index in [4.69, 9.17) is 14.2 Å². The van der Waals surface area contributed by atoms with Crippen LogP contribution in [0.25, 0.3) is 0 Å². The largest absolute Gasteiger partial charge is 0.487 e. The lowest BCUT2D eigenvalue weighted by molar-refractivity contribution is -0.120. The lowest BCUT2D eigenvalue weighted by Gasteiger charge is -2.26. The summed E-state index contributed by atoms with van der Waals surface area (Å²) in [5.74, 6) is 0.383. The van der Waals surface area contributed by atoms with Gasteiger partial charge < -0.3 is 19.5 Å². The van der Waals surface area contributed by atoms with E-state index >= 15 is 0 Å². The molecule has 1 saturated carbocycles. The van der Waals surface area contributed by atoms with Crippen molar-refractivity contribution in [3.05, 3.63) is 53.1 Å². The Hall–Kier alpha value is -2.62. The van der Waals surface area contributed by atoms with E-state index in [2.05, 4.69) is 11.4 Å². The molecule has 204 valence electrons. The molecule has 1 N–H and O–H groups in total. The second-order valence-electron chi connectivity index (χ2n) is 9.67. The highest BCUT2D eigenvalue weighted by Crippen LogP contribution is 2.34. The van der Waals surface area contributed by atoms with E-state index in [1.165, 1.54) is 10.7 Å². The Morgan fingerprint density at radius 1 is 1.03 bits per heavy atom. The maximum atomic E-state index is 12.9. The molecule has 1 aliphatic rings. The van der Waals surface area contributed by atoms with Crippen molar-refractivity contribution < 1.29 is 27.4 Å². The zero-order chi connectivity index (χ0) is 26.8. The maximum Gasteiger partial charge on any atom is 0.232 e. The van der Waals surface area contributed by atoms with Gasteiger partial charge >= 0.3 is 0 Å². The average molecular weight is 533 g/mol. The molecule has 1 fully saturated rings. The van der Waals surface area contributed by atoms with Crippen LogP contribution in [0.4, 0.5) is 11.4 Å². The molecule has 0 spiro atoms. The summed E-state index contributed by atoms with van der Waals surface area (Å²) in [5, 5.41) is 3.02. The third kappa shape index (κ3) is 8.72. The Balaban J connectivity index is 1.87. The molecule has 1 aliphatic carbocycles. The highest BCUT2D eigenvalue weighted by atomic mass is 32.2. The van der Waals surface area contributed by atoms with Gasteiger partial charge in [0.2, 0.25) is 15.9 Å². The van der Waals surface area contributed by atoms with Crippen LogP contribution < -0.4 is 14.4 Å². The summed E-state index contributed by atoms with van der Waals surface area (Å²) in [6.07, 6.45) is 6.25. The molecule has 0 unspecified atom stereocenters. The standard InChI is InChI=1S/C28H40N2O6S/c1-21-10-11-22(2)24(18-21)20-36-27-19-25(29-28(31)23-8-6-5-7-9-23)12-13-26(27)30(37(4,32)33)14-15-35-17-16-34-3/h10-13,18-19,23H,5-9,14-17,20H2,1-4H3,(H,29,31). The lowest BCUT2D eigenvalue weighted by atomic mass is 9.88. The van der Waals surface area contributed by atoms with Crippen molar-refractivity contribution in [1.82, 2.24) is 0 Å². The molecule has 8 nitrogen and oxygen atoms in total. The third-order valence-corrected chi connectivity index (χ3v) is 7.81. The number of aryl methyl sites for hydroxylation is 2. The van der Waals surface area contributed by atoms with Crippen LogP contribution in [0.5, 0.6) is 5.75 Å². The first-order chi connectivity index (χ1) is 17.7. The number of hydrogen-bond donors (Lipinski definition) is 1. The average Bonchev–Trinajstić information content (AvgIpc) is 2.87. The number of nitrogens with zero attached hydrogens (tertiary/aromatic N) is 1. The predicted octanol–water partition coefficient (Wildman–Crippen LogP) is 4.83. The van der Waals surface area contributed by atoms with Crippen LogP contribution in [-0.2, 0) is 30.9 Å². The molecular formula is C28H40N2O6S. The lowest BCUT2D eigenvalue weighted by Crippen LogP contribution is -2.33. The van der Waals surface area contributed by atoms with Gasteiger partial charge in [0.05, 0.1) is 38.3 Å². The molecule has 37 heavy (non-hydrogen) atoms. The first-order valence-electron chi connectivity index (χ1n) is 12.9. The number of carbonyl (C=O) groups is 1. The fourth-order valence-electron chi connectivity index (χ4n) is 4.49. The van der Waals surface area contributed by atoms with E-state index in [9.17, 15) is 13.2 Å². The Morgan fingerprint density at radius 3 is 2.49 bits per heavy atom. The van der Waals surface area contributed by atoms with Crippen LogP contribution in [-0.4, -0.2) is 54.1 Å². The molecule has 0 aliphatic heterocycles. The maximum absolute atomic E-state index is 12.9. The van der Waals surface area contributed by atoms with Crippen molar-refractivity contribution >= 4 is 27.3 Å². The Morgan fingerprint density at radius 2 is 1.78 bits per heavy atom. The molecule has 3 rings (SSSR count). The van der Waals surface area contributed by atoms with Crippen molar-refractivity contribution in [2.75, 3.05) is 49.4 Å². The Labute approximate surface area is 221 Å². The van der Waals surface area contributed by atoms with Gasteiger partial charge in [0.25, 0.3) is 0 Å². The minimum atomic E-state index is -3.63. The second kappa shape index (κ2) is 13.8. The first-order valence-corrected chi connectivity index (χ1v) is 14.7. The van der Waals surface area contributed by atoms with Gasteiger partial charge in [0, 0.05) is 24.8 Å². The zero-order valence-electron chi connectivity index (χ0n) is 22.4. The summed E-state index contributed by atoms with van der Waals surface area (Å²) in [6, 6.07) is 11.3. The smallest absolute Gasteiger partial charge is 0.232 e. The number of sulfonamides is 1. The summed E-state index contributed by atoms with van der Waals surface area (Å²) in [6.45, 7) is 5.42. The minimum absolute atomic E-state index is 0.000518. The van der Waals surface area contributed by atoms with E-state index in [1.54, 1.807) is 25.3 Å². The number of amides is 1. The second-order valence-corrected chi connectivity index (χ2v) is 11.6. The topological polar surface area (TPSA) is 94.2 Å². The summed E-state index contributed by atoms with van der Waals surface area (Å²) < 4.78 is 43.6. The van der Waals surface area contributed by atoms with Crippen LogP contribution in [0, 0.1) is 19.8 Å². The monoisotopic (exact) mass is 532 g/mol. The van der Waals surface area contributed by atoms with Gasteiger partial charge in [0.1, 0.15) is 12.4 Å². The van der Waals surface area contributed by atoms with Crippen molar-refractivity contribution in [1.29, 1.82) is 0 Å². The van der Waals surface area contributed by atoms with Gasteiger partial charge in [-0.1, -0.05) is 43.0 Å². The van der Waals surface area contributed by atoms with E-state index < -0.39 is 10.0 Å². The van der Waals surface area contributed by atoms with E-state index in [1.807, 2.05) is 26.0 Å². The van der Waals surface area contributed by atoms with Gasteiger partial charge in [-0.2, -0.15) is 0 Å². The number of anilines is 2. The van der Waals surface area contributed by atoms with Gasteiger partial charge in [-0.05, 0) is 49.9 Å². The molecule has 2 aromatic rings. The molecule has 1 amide bonds. The number of hydrogen-bond acceptors (Lipinski definition) is 6. The Bertz CT molecular complexity index is 1150. The summed E-state index contributed by atoms with van der Waals surface area (Å²) in [5.41, 5.74) is 4.19. The van der Waals surface area contributed by atoms with Crippen molar-refractivity contribution in [3.63, 3.8) is 0 Å². The molecule has 0 heterocycles. The van der Waals surface area contributed by atoms with Gasteiger partial charge in [-0.15, -0.1) is 0 Å². The van der Waals surface area contributed by atoms with E-state index in [-0.39, 0.29) is 31.6 Å². The van der Waals surface area contributed by atoms with Crippen molar-refractivity contribution in [3.8, 4) is 5.75 Å². The summed E-state index contributed by atoms with van der Waals surface area (Å²) in [7, 11) is -2.05. The number of ether oxygens (including phenoxy) is 3. The molecule has 0 aromatic heterocycles. The SMILES string of the molecule is COCCOCCN(c1ccc(NC(=O)C2CCCCC2)cc1OCc1cc(C)ccc1C)S(C)(=O)=O. The van der Waals surface area contributed by atoms with Gasteiger partial charge in [-0.3, -0.25) is 9.10 Å². The summed E-state index contributed by atoms with van der Waals surface area (Å²) in [4.78, 5) is 12.9. The van der Waals surface area contributed by atoms with Crippen LogP contribution in [0.3, 0.4) is 0 Å². The highest BCUT2D eigenvalue weighted by Gasteiger charge is 2.24. The van der Waals surface area contributed by atoms with E-state index in [0.29, 0.717) is 30.3 Å². The zero-order valence-corrected chi connectivity index (χ0v) is 23.2. The number of methoxy groups -OCH3 is 1. The normalized spacial score (nSPS) is 14.4. The minimum Gasteiger partial charge on any atom is -0.487 e. The molecule has 0 bridgehead atoms. The quantitative estimate of drug-likeness (QED) is 0.372. The number of carbonyl (C=O) groups excluding carboxylic acids is 1. The molecular weight excluding hydrogens is 492 g/mol. The molecule has 9 heteroatoms. The van der Waals surface area contributed by atoms with Crippen molar-refractivity contribution in [2.24, 2.45) is 5.92 Å². The highest BCUT2D eigenvalue weighted by molar-refractivity contribution is 7.92. The molecule has 2 aromatic carbocycles. The van der Waals surface area contributed by atoms with Gasteiger partial charge in [0.15, 0.2) is 0 Å². The molecule has 0 radical (unpaired) electrons. The van der Waals surface area contributed by atoms with Crippen LogP contribution in [0.1, 0.15) is 48.8 Å². The van der Waals surface area contributed by atoms with Crippen LogP contribution in [0.2, 0.25) is 0 Å². The predicted molar refractivity (Wildman–Crippen MR) is 147 cm³/mol. The number of nitrogens with one attached hydrogen (secondary N) is 1. The third-order valence-electron chi connectivity index (χ3n) is 6.63. The Kier molecular flexibility index (Phi) is 10.8. The van der Waals surface area contributed by atoms with E-state index in [0.717, 1.165) is 48.6 Å². The van der Waals surface area contributed by atoms with Crippen LogP contribution >= 0.6 is 0 Å². The number of rotatable bonds is 13. The van der Waals surface area contributed by atoms with Gasteiger partial charge in [-0.25, -0.2) is 8.42 Å². The fraction of sp³-hybridized carbons (Fsp3) is 0.536. The number of benzene rings is 2. The summed E-state index contributed by atoms with van der Waals surface area (Å²) >= 11 is 0. The van der Waals surface area contributed by atoms with Crippen molar-refractivity contribution in [2.45, 2.75) is 52.6 Å². The fourth-order valence-corrected chi connectivity index (χ4v) is 5.40. The molecule has 0 saturated heterocycles. The van der Waals surface area contributed by atoms with Crippen LogP contribution in [0.15, 0.2) is 36.4 Å². The molecule has 0 atom stereocenters. The first kappa shape index (κ1) is 28.9.